The standard InChI is InChI=1S/C29H43N3O6/c1-5-29(20-36-25(33)12-14-28(2,3)4,22-38-27(35)24-10-7-6-8-11-24)21-37-26(34)13-16-30-15-9-18-32-19-17-31-23-32/h6-8,10-11,17,19,23,30H,5,9,12-16,18,20-22H2,1-4H3. The summed E-state index contributed by atoms with van der Waals surface area (Å²) in [6.07, 6.45) is 8.03. The van der Waals surface area contributed by atoms with Crippen molar-refractivity contribution in [1.82, 2.24) is 14.9 Å². The molecule has 0 spiro atoms. The minimum absolute atomic E-state index is 0.00563. The first-order valence-electron chi connectivity index (χ1n) is 13.3. The first kappa shape index (κ1) is 31.0. The van der Waals surface area contributed by atoms with Gasteiger partial charge < -0.3 is 24.1 Å². The second kappa shape index (κ2) is 15.9. The zero-order valence-electron chi connectivity index (χ0n) is 23.2. The molecule has 9 heteroatoms. The Labute approximate surface area is 226 Å². The lowest BCUT2D eigenvalue weighted by atomic mass is 9.87. The van der Waals surface area contributed by atoms with Crippen molar-refractivity contribution in [3.05, 3.63) is 54.6 Å². The second-order valence-electron chi connectivity index (χ2n) is 10.8. The van der Waals surface area contributed by atoms with Crippen LogP contribution in [-0.4, -0.2) is 60.4 Å². The number of nitrogens with zero attached hydrogens (tertiary/aromatic N) is 2. The molecule has 1 atom stereocenters. The molecule has 0 fully saturated rings. The van der Waals surface area contributed by atoms with Crippen molar-refractivity contribution in [3.8, 4) is 0 Å². The van der Waals surface area contributed by atoms with E-state index in [2.05, 4.69) is 31.1 Å². The first-order valence-corrected chi connectivity index (χ1v) is 13.3. The van der Waals surface area contributed by atoms with E-state index in [9.17, 15) is 14.4 Å². The molecule has 0 radical (unpaired) electrons. The van der Waals surface area contributed by atoms with Crippen LogP contribution in [0, 0.1) is 10.8 Å². The van der Waals surface area contributed by atoms with Crippen molar-refractivity contribution in [2.24, 2.45) is 10.8 Å². The number of imidazole rings is 1. The maximum atomic E-state index is 12.5. The van der Waals surface area contributed by atoms with Crippen LogP contribution in [0.3, 0.4) is 0 Å². The fourth-order valence-electron chi connectivity index (χ4n) is 3.52. The number of rotatable bonds is 17. The SMILES string of the molecule is CCC(COC(=O)CCNCCCn1ccnc1)(COC(=O)CCC(C)(C)C)COC(=O)c1ccccc1. The minimum Gasteiger partial charge on any atom is -0.465 e. The Bertz CT molecular complexity index is 972. The maximum Gasteiger partial charge on any atom is 0.338 e. The van der Waals surface area contributed by atoms with Gasteiger partial charge in [-0.25, -0.2) is 9.78 Å². The molecule has 210 valence electrons. The van der Waals surface area contributed by atoms with E-state index in [0.717, 1.165) is 19.5 Å². The van der Waals surface area contributed by atoms with Crippen LogP contribution in [0.25, 0.3) is 0 Å². The Balaban J connectivity index is 1.86. The van der Waals surface area contributed by atoms with E-state index in [0.29, 0.717) is 31.4 Å². The predicted octanol–water partition coefficient (Wildman–Crippen LogP) is 4.42. The molecule has 0 saturated carbocycles. The summed E-state index contributed by atoms with van der Waals surface area (Å²) >= 11 is 0. The van der Waals surface area contributed by atoms with Gasteiger partial charge in [-0.1, -0.05) is 45.9 Å². The Morgan fingerprint density at radius 1 is 0.921 bits per heavy atom. The summed E-state index contributed by atoms with van der Waals surface area (Å²) in [6.45, 7) is 10.1. The highest BCUT2D eigenvalue weighted by molar-refractivity contribution is 5.89. The number of ether oxygens (including phenoxy) is 3. The van der Waals surface area contributed by atoms with Crippen LogP contribution < -0.4 is 5.32 Å². The largest absolute Gasteiger partial charge is 0.465 e. The molecular weight excluding hydrogens is 486 g/mol. The number of esters is 3. The van der Waals surface area contributed by atoms with E-state index in [4.69, 9.17) is 14.2 Å². The number of nitrogens with one attached hydrogen (secondary N) is 1. The predicted molar refractivity (Wildman–Crippen MR) is 144 cm³/mol. The van der Waals surface area contributed by atoms with Crippen LogP contribution >= 0.6 is 0 Å². The summed E-state index contributed by atoms with van der Waals surface area (Å²) in [6, 6.07) is 8.68. The second-order valence-corrected chi connectivity index (χ2v) is 10.8. The third-order valence-electron chi connectivity index (χ3n) is 6.26. The van der Waals surface area contributed by atoms with Crippen LogP contribution in [0.1, 0.15) is 70.2 Å². The Kier molecular flexibility index (Phi) is 13.0. The van der Waals surface area contributed by atoms with E-state index < -0.39 is 11.4 Å². The molecule has 1 N–H and O–H groups in total. The Morgan fingerprint density at radius 2 is 1.58 bits per heavy atom. The lowest BCUT2D eigenvalue weighted by Gasteiger charge is -2.31. The van der Waals surface area contributed by atoms with Crippen molar-refractivity contribution in [1.29, 1.82) is 0 Å². The molecule has 1 heterocycles. The number of carbonyl (C=O) groups is 3. The first-order chi connectivity index (χ1) is 18.1. The summed E-state index contributed by atoms with van der Waals surface area (Å²) in [4.78, 5) is 41.4. The molecule has 1 aromatic carbocycles. The molecule has 0 amide bonds. The Hall–Kier alpha value is -3.20. The van der Waals surface area contributed by atoms with Gasteiger partial charge in [0.15, 0.2) is 0 Å². The number of aromatic nitrogens is 2. The number of benzene rings is 1. The van der Waals surface area contributed by atoms with Crippen LogP contribution in [0.2, 0.25) is 0 Å². The van der Waals surface area contributed by atoms with Gasteiger partial charge in [0.05, 0.1) is 23.7 Å². The lowest BCUT2D eigenvalue weighted by molar-refractivity contribution is -0.156. The maximum absolute atomic E-state index is 12.5. The summed E-state index contributed by atoms with van der Waals surface area (Å²) in [5, 5.41) is 3.24. The van der Waals surface area contributed by atoms with Gasteiger partial charge in [-0.15, -0.1) is 0 Å². The minimum atomic E-state index is -0.838. The molecule has 0 saturated heterocycles. The number of aryl methyl sites for hydroxylation is 1. The summed E-state index contributed by atoms with van der Waals surface area (Å²) in [7, 11) is 0. The molecule has 9 nitrogen and oxygen atoms in total. The van der Waals surface area contributed by atoms with E-state index in [1.807, 2.05) is 23.8 Å². The number of hydrogen-bond acceptors (Lipinski definition) is 8. The van der Waals surface area contributed by atoms with E-state index in [-0.39, 0.29) is 43.6 Å². The summed E-state index contributed by atoms with van der Waals surface area (Å²) in [5.74, 6) is -1.16. The topological polar surface area (TPSA) is 109 Å². The van der Waals surface area contributed by atoms with Crippen LogP contribution in [0.15, 0.2) is 49.1 Å². The van der Waals surface area contributed by atoms with Crippen LogP contribution in [-0.2, 0) is 30.3 Å². The fourth-order valence-corrected chi connectivity index (χ4v) is 3.52. The third kappa shape index (κ3) is 12.4. The quantitative estimate of drug-likeness (QED) is 0.182. The molecule has 0 aliphatic heterocycles. The molecule has 1 aromatic heterocycles. The van der Waals surface area contributed by atoms with Gasteiger partial charge in [0.2, 0.25) is 0 Å². The smallest absolute Gasteiger partial charge is 0.338 e. The highest BCUT2D eigenvalue weighted by Gasteiger charge is 2.34. The normalized spacial score (nSPS) is 12.9. The lowest BCUT2D eigenvalue weighted by Crippen LogP contribution is -2.39. The molecule has 0 aliphatic carbocycles. The van der Waals surface area contributed by atoms with Gasteiger partial charge in [0, 0.05) is 31.9 Å². The van der Waals surface area contributed by atoms with Crippen molar-refractivity contribution >= 4 is 17.9 Å². The average Bonchev–Trinajstić information content (AvgIpc) is 3.43. The zero-order valence-corrected chi connectivity index (χ0v) is 23.2. The van der Waals surface area contributed by atoms with Gasteiger partial charge in [-0.05, 0) is 43.4 Å². The van der Waals surface area contributed by atoms with Gasteiger partial charge in [-0.3, -0.25) is 9.59 Å². The molecule has 2 aromatic rings. The van der Waals surface area contributed by atoms with Crippen molar-refractivity contribution in [2.75, 3.05) is 32.9 Å². The molecule has 0 bridgehead atoms. The van der Waals surface area contributed by atoms with Gasteiger partial charge in [0.25, 0.3) is 0 Å². The molecule has 1 unspecified atom stereocenters. The zero-order chi connectivity index (χ0) is 27.9. The monoisotopic (exact) mass is 529 g/mol. The van der Waals surface area contributed by atoms with E-state index in [1.165, 1.54) is 0 Å². The van der Waals surface area contributed by atoms with Crippen molar-refractivity contribution in [3.63, 3.8) is 0 Å². The molecule has 38 heavy (non-hydrogen) atoms. The van der Waals surface area contributed by atoms with Crippen molar-refractivity contribution in [2.45, 2.75) is 66.3 Å². The van der Waals surface area contributed by atoms with Crippen LogP contribution in [0.4, 0.5) is 0 Å². The highest BCUT2D eigenvalue weighted by Crippen LogP contribution is 2.26. The highest BCUT2D eigenvalue weighted by atomic mass is 16.6. The number of carbonyl (C=O) groups excluding carboxylic acids is 3. The van der Waals surface area contributed by atoms with Gasteiger partial charge in [-0.2, -0.15) is 0 Å². The van der Waals surface area contributed by atoms with E-state index in [1.54, 1.807) is 36.8 Å². The molecule has 2 rings (SSSR count). The molecule has 0 aliphatic rings. The summed E-state index contributed by atoms with van der Waals surface area (Å²) < 4.78 is 18.7. The Morgan fingerprint density at radius 3 is 2.18 bits per heavy atom. The molecular formula is C29H43N3O6. The summed E-state index contributed by atoms with van der Waals surface area (Å²) in [5.41, 5.74) is -0.402. The van der Waals surface area contributed by atoms with Crippen molar-refractivity contribution < 1.29 is 28.6 Å². The van der Waals surface area contributed by atoms with E-state index >= 15 is 0 Å². The third-order valence-corrected chi connectivity index (χ3v) is 6.26. The average molecular weight is 530 g/mol. The van der Waals surface area contributed by atoms with Gasteiger partial charge in [0.1, 0.15) is 19.8 Å². The van der Waals surface area contributed by atoms with Gasteiger partial charge >= 0.3 is 17.9 Å². The number of hydrogen-bond donors (Lipinski definition) is 1. The fraction of sp³-hybridized carbons (Fsp3) is 0.586. The van der Waals surface area contributed by atoms with Crippen LogP contribution in [0.5, 0.6) is 0 Å².